The molecular weight excluding hydrogens is 344 g/mol. The van der Waals surface area contributed by atoms with Crippen molar-refractivity contribution in [1.82, 2.24) is 10.2 Å². The van der Waals surface area contributed by atoms with Gasteiger partial charge >= 0.3 is 6.03 Å². The van der Waals surface area contributed by atoms with Crippen molar-refractivity contribution in [2.24, 2.45) is 5.92 Å². The molecule has 0 heterocycles. The van der Waals surface area contributed by atoms with Crippen molar-refractivity contribution in [3.8, 4) is 0 Å². The molecule has 0 atom stereocenters. The number of rotatable bonds is 9. The Morgan fingerprint density at radius 2 is 1.96 bits per heavy atom. The molecule has 2 rings (SSSR count). The molecule has 0 aliphatic heterocycles. The van der Waals surface area contributed by atoms with Gasteiger partial charge < -0.3 is 25.2 Å². The fourth-order valence-corrected chi connectivity index (χ4v) is 2.93. The van der Waals surface area contributed by atoms with E-state index < -0.39 is 0 Å². The molecule has 0 saturated heterocycles. The van der Waals surface area contributed by atoms with Gasteiger partial charge in [-0.05, 0) is 56.4 Å². The Hall–Kier alpha value is -2.28. The maximum absolute atomic E-state index is 12.7. The third-order valence-electron chi connectivity index (χ3n) is 4.36. The number of anilines is 2. The van der Waals surface area contributed by atoms with Gasteiger partial charge in [0.1, 0.15) is 6.61 Å². The predicted octanol–water partition coefficient (Wildman–Crippen LogP) is 2.67. The minimum Gasteiger partial charge on any atom is -0.377 e. The monoisotopic (exact) mass is 376 g/mol. The van der Waals surface area contributed by atoms with Gasteiger partial charge in [-0.3, -0.25) is 4.79 Å². The first-order valence-electron chi connectivity index (χ1n) is 9.44. The van der Waals surface area contributed by atoms with E-state index in [0.29, 0.717) is 18.2 Å². The van der Waals surface area contributed by atoms with Gasteiger partial charge in [0, 0.05) is 51.7 Å². The quantitative estimate of drug-likeness (QED) is 0.695. The van der Waals surface area contributed by atoms with Crippen molar-refractivity contribution in [2.45, 2.75) is 39.3 Å². The minimum absolute atomic E-state index is 0.00929. The number of hydrogen-bond acceptors (Lipinski definition) is 4. The fourth-order valence-electron chi connectivity index (χ4n) is 2.93. The lowest BCUT2D eigenvalue weighted by molar-refractivity contribution is -0.119. The molecule has 1 fully saturated rings. The summed E-state index contributed by atoms with van der Waals surface area (Å²) < 4.78 is 4.87. The Morgan fingerprint density at radius 1 is 1.26 bits per heavy atom. The number of carbonyl (C=O) groups is 2. The maximum atomic E-state index is 12.7. The molecule has 7 nitrogen and oxygen atoms in total. The average molecular weight is 377 g/mol. The molecule has 3 amide bonds. The van der Waals surface area contributed by atoms with Crippen LogP contribution in [0.2, 0.25) is 0 Å². The van der Waals surface area contributed by atoms with Crippen molar-refractivity contribution in [3.63, 3.8) is 0 Å². The fraction of sp³-hybridized carbons (Fsp3) is 0.600. The van der Waals surface area contributed by atoms with Crippen LogP contribution in [0.25, 0.3) is 0 Å². The van der Waals surface area contributed by atoms with Gasteiger partial charge in [0.15, 0.2) is 0 Å². The topological polar surface area (TPSA) is 73.9 Å². The molecule has 0 spiro atoms. The van der Waals surface area contributed by atoms with Crippen molar-refractivity contribution in [1.29, 1.82) is 0 Å². The normalized spacial score (nSPS) is 13.4. The van der Waals surface area contributed by atoms with E-state index in [1.807, 2.05) is 55.9 Å². The molecular formula is C20H32N4O3. The summed E-state index contributed by atoms with van der Waals surface area (Å²) in [6, 6.07) is 5.81. The van der Waals surface area contributed by atoms with Gasteiger partial charge in [0.25, 0.3) is 0 Å². The molecule has 7 heteroatoms. The molecule has 1 aromatic carbocycles. The summed E-state index contributed by atoms with van der Waals surface area (Å²) >= 11 is 0. The van der Waals surface area contributed by atoms with Crippen LogP contribution in [0.1, 0.15) is 32.3 Å². The van der Waals surface area contributed by atoms with Crippen LogP contribution >= 0.6 is 0 Å². The van der Waals surface area contributed by atoms with Crippen LogP contribution in [0.5, 0.6) is 0 Å². The average Bonchev–Trinajstić information content (AvgIpc) is 3.37. The van der Waals surface area contributed by atoms with Crippen molar-refractivity contribution in [3.05, 3.63) is 23.8 Å². The highest BCUT2D eigenvalue weighted by Crippen LogP contribution is 2.31. The predicted molar refractivity (Wildman–Crippen MR) is 108 cm³/mol. The summed E-state index contributed by atoms with van der Waals surface area (Å²) in [4.78, 5) is 28.4. The van der Waals surface area contributed by atoms with Gasteiger partial charge in [0.2, 0.25) is 5.91 Å². The molecule has 1 aliphatic rings. The minimum atomic E-state index is -0.201. The molecule has 1 aliphatic carbocycles. The Kier molecular flexibility index (Phi) is 7.47. The molecule has 1 aromatic rings. The molecule has 0 aromatic heterocycles. The van der Waals surface area contributed by atoms with E-state index in [0.717, 1.165) is 17.8 Å². The van der Waals surface area contributed by atoms with Crippen LogP contribution in [0.4, 0.5) is 16.2 Å². The van der Waals surface area contributed by atoms with Crippen molar-refractivity contribution < 1.29 is 14.3 Å². The lowest BCUT2D eigenvalue weighted by Gasteiger charge is -2.27. The van der Waals surface area contributed by atoms with Crippen molar-refractivity contribution in [2.75, 3.05) is 44.6 Å². The molecule has 0 unspecified atom stereocenters. The summed E-state index contributed by atoms with van der Waals surface area (Å²) in [5, 5.41) is 5.83. The second-order valence-corrected chi connectivity index (χ2v) is 7.65. The van der Waals surface area contributed by atoms with Crippen LogP contribution in [0, 0.1) is 5.92 Å². The van der Waals surface area contributed by atoms with E-state index in [1.54, 1.807) is 0 Å². The number of ether oxygens (including phenoxy) is 1. The van der Waals surface area contributed by atoms with Gasteiger partial charge in [-0.2, -0.15) is 0 Å². The standard InChI is InChI=1S/C20H32N4O3/c1-14(2)21-20(26)24(11-15-6-7-15)12-16-10-17(22-19(25)13-27-5)8-9-18(16)23(3)4/h8-10,14-15H,6-7,11-13H2,1-5H3,(H,21,26)(H,22,25). The largest absolute Gasteiger partial charge is 0.377 e. The van der Waals surface area contributed by atoms with Crippen LogP contribution < -0.4 is 15.5 Å². The zero-order chi connectivity index (χ0) is 20.0. The number of methoxy groups -OCH3 is 1. The maximum Gasteiger partial charge on any atom is 0.317 e. The third kappa shape index (κ3) is 6.75. The second-order valence-electron chi connectivity index (χ2n) is 7.65. The number of carbonyl (C=O) groups excluding carboxylic acids is 2. The van der Waals surface area contributed by atoms with Crippen LogP contribution in [-0.2, 0) is 16.1 Å². The molecule has 27 heavy (non-hydrogen) atoms. The number of hydrogen-bond donors (Lipinski definition) is 2. The number of urea groups is 1. The summed E-state index contributed by atoms with van der Waals surface area (Å²) in [7, 11) is 5.44. The Labute approximate surface area is 162 Å². The zero-order valence-corrected chi connectivity index (χ0v) is 17.0. The van der Waals surface area contributed by atoms with E-state index in [9.17, 15) is 9.59 Å². The number of amides is 3. The zero-order valence-electron chi connectivity index (χ0n) is 17.0. The highest BCUT2D eigenvalue weighted by Gasteiger charge is 2.27. The highest BCUT2D eigenvalue weighted by molar-refractivity contribution is 5.92. The molecule has 1 saturated carbocycles. The first-order chi connectivity index (χ1) is 12.8. The first-order valence-corrected chi connectivity index (χ1v) is 9.44. The molecule has 150 valence electrons. The molecule has 0 radical (unpaired) electrons. The Balaban J connectivity index is 2.22. The van der Waals surface area contributed by atoms with Gasteiger partial charge in [-0.1, -0.05) is 0 Å². The molecule has 2 N–H and O–H groups in total. The van der Waals surface area contributed by atoms with Gasteiger partial charge in [0.05, 0.1) is 0 Å². The van der Waals surface area contributed by atoms with Crippen LogP contribution in [0.3, 0.4) is 0 Å². The first kappa shape index (κ1) is 21.0. The smallest absolute Gasteiger partial charge is 0.317 e. The highest BCUT2D eigenvalue weighted by atomic mass is 16.5. The molecule has 0 bridgehead atoms. The Bertz CT molecular complexity index is 657. The lowest BCUT2D eigenvalue weighted by atomic mass is 10.1. The van der Waals surface area contributed by atoms with Crippen LogP contribution in [0.15, 0.2) is 18.2 Å². The van der Waals surface area contributed by atoms with Gasteiger partial charge in [-0.15, -0.1) is 0 Å². The third-order valence-corrected chi connectivity index (χ3v) is 4.36. The summed E-state index contributed by atoms with van der Waals surface area (Å²) in [5.74, 6) is 0.392. The number of benzene rings is 1. The van der Waals surface area contributed by atoms with E-state index in [2.05, 4.69) is 10.6 Å². The second kappa shape index (κ2) is 9.60. The summed E-state index contributed by atoms with van der Waals surface area (Å²) in [5.41, 5.74) is 2.72. The number of nitrogens with zero attached hydrogens (tertiary/aromatic N) is 2. The summed E-state index contributed by atoms with van der Waals surface area (Å²) in [6.07, 6.45) is 2.36. The summed E-state index contributed by atoms with van der Waals surface area (Å²) in [6.45, 7) is 5.19. The number of nitrogens with one attached hydrogen (secondary N) is 2. The van der Waals surface area contributed by atoms with E-state index in [1.165, 1.54) is 20.0 Å². The van der Waals surface area contributed by atoms with Crippen molar-refractivity contribution >= 4 is 23.3 Å². The SMILES string of the molecule is COCC(=O)Nc1ccc(N(C)C)c(CN(CC2CC2)C(=O)NC(C)C)c1. The van der Waals surface area contributed by atoms with Crippen LogP contribution in [-0.4, -0.2) is 57.2 Å². The lowest BCUT2D eigenvalue weighted by Crippen LogP contribution is -2.43. The van der Waals surface area contributed by atoms with E-state index in [4.69, 9.17) is 4.74 Å². The van der Waals surface area contributed by atoms with E-state index >= 15 is 0 Å². The Morgan fingerprint density at radius 3 is 2.52 bits per heavy atom. The van der Waals surface area contributed by atoms with E-state index in [-0.39, 0.29) is 24.6 Å². The van der Waals surface area contributed by atoms with Gasteiger partial charge in [-0.25, -0.2) is 4.79 Å².